The Kier molecular flexibility index (Phi) is 3.85. The first-order valence-corrected chi connectivity index (χ1v) is 6.04. The predicted molar refractivity (Wildman–Crippen MR) is 71.3 cm³/mol. The van der Waals surface area contributed by atoms with E-state index in [1.54, 1.807) is 12.1 Å². The monoisotopic (exact) mass is 304 g/mol. The number of rotatable bonds is 1. The van der Waals surface area contributed by atoms with Gasteiger partial charge in [0.2, 0.25) is 0 Å². The maximum Gasteiger partial charge on any atom is 0.517 e. The van der Waals surface area contributed by atoms with Gasteiger partial charge < -0.3 is 9.47 Å². The van der Waals surface area contributed by atoms with Gasteiger partial charge in [0.25, 0.3) is 0 Å². The summed E-state index contributed by atoms with van der Waals surface area (Å²) in [6.07, 6.45) is -1.08. The normalized spacial score (nSPS) is 11.3. The van der Waals surface area contributed by atoms with Crippen LogP contribution in [0.1, 0.15) is 0 Å². The van der Waals surface area contributed by atoms with Gasteiger partial charge in [-0.25, -0.2) is 4.79 Å². The molecule has 0 spiro atoms. The van der Waals surface area contributed by atoms with Gasteiger partial charge in [-0.15, -0.1) is 0 Å². The third kappa shape index (κ3) is 3.42. The van der Waals surface area contributed by atoms with Crippen molar-refractivity contribution in [3.63, 3.8) is 0 Å². The molecule has 18 heavy (non-hydrogen) atoms. The van der Waals surface area contributed by atoms with E-state index in [4.69, 9.17) is 39.5 Å². The number of alkyl halides is 3. The number of benzene rings is 2. The number of carbonyl (C=O) groups excluding carboxylic acids is 1. The van der Waals surface area contributed by atoms with Gasteiger partial charge in [-0.3, -0.25) is 0 Å². The molecule has 6 heteroatoms. The minimum Gasteiger partial charge on any atom is -0.394 e. The van der Waals surface area contributed by atoms with Crippen LogP contribution < -0.4 is 4.74 Å². The molecule has 0 saturated heterocycles. The number of hydrogen-bond acceptors (Lipinski definition) is 3. The molecule has 0 aliphatic rings. The highest BCUT2D eigenvalue weighted by Gasteiger charge is 2.26. The Bertz CT molecular complexity index is 573. The zero-order valence-electron chi connectivity index (χ0n) is 8.90. The van der Waals surface area contributed by atoms with Crippen LogP contribution in [0.15, 0.2) is 42.5 Å². The van der Waals surface area contributed by atoms with Gasteiger partial charge >= 0.3 is 10.1 Å². The molecule has 0 fully saturated rings. The lowest BCUT2D eigenvalue weighted by molar-refractivity contribution is 0.0973. The van der Waals surface area contributed by atoms with Crippen molar-refractivity contribution in [2.24, 2.45) is 0 Å². The quantitative estimate of drug-likeness (QED) is 0.436. The van der Waals surface area contributed by atoms with Gasteiger partial charge in [-0.05, 0) is 46.3 Å². The van der Waals surface area contributed by atoms with E-state index >= 15 is 0 Å². The van der Waals surface area contributed by atoms with Crippen LogP contribution in [0, 0.1) is 0 Å². The molecule has 0 radical (unpaired) electrons. The summed E-state index contributed by atoms with van der Waals surface area (Å²) in [4.78, 5) is 11.4. The number of carbonyl (C=O) groups is 1. The van der Waals surface area contributed by atoms with Crippen LogP contribution in [0.25, 0.3) is 10.8 Å². The average Bonchev–Trinajstić information content (AvgIpc) is 2.27. The standard InChI is InChI=1S/C12H7Cl3O3/c13-12(14,15)18-11(16)17-10-7-3-5-8-4-1-2-6-9(8)10/h1-7H. The lowest BCUT2D eigenvalue weighted by Crippen LogP contribution is -2.19. The second kappa shape index (κ2) is 5.22. The molecule has 0 aliphatic heterocycles. The molecule has 0 aromatic heterocycles. The van der Waals surface area contributed by atoms with Crippen molar-refractivity contribution in [3.05, 3.63) is 42.5 Å². The van der Waals surface area contributed by atoms with Crippen molar-refractivity contribution < 1.29 is 14.3 Å². The summed E-state index contributed by atoms with van der Waals surface area (Å²) < 4.78 is 7.28. The van der Waals surface area contributed by atoms with Crippen LogP contribution in [-0.2, 0) is 4.74 Å². The minimum atomic E-state index is -2.14. The fourth-order valence-corrected chi connectivity index (χ4v) is 1.68. The van der Waals surface area contributed by atoms with Gasteiger partial charge in [-0.2, -0.15) is 0 Å². The predicted octanol–water partition coefficient (Wildman–Crippen LogP) is 4.68. The first-order valence-electron chi connectivity index (χ1n) is 4.91. The van der Waals surface area contributed by atoms with E-state index in [-0.39, 0.29) is 0 Å². The van der Waals surface area contributed by atoms with E-state index in [2.05, 4.69) is 4.74 Å². The summed E-state index contributed by atoms with van der Waals surface area (Å²) in [5.41, 5.74) is 0. The second-order valence-electron chi connectivity index (χ2n) is 3.38. The van der Waals surface area contributed by atoms with Crippen LogP contribution in [0.5, 0.6) is 5.75 Å². The molecule has 3 nitrogen and oxygen atoms in total. The van der Waals surface area contributed by atoms with Crippen molar-refractivity contribution >= 4 is 51.7 Å². The Morgan fingerprint density at radius 3 is 2.39 bits per heavy atom. The Morgan fingerprint density at radius 1 is 1.00 bits per heavy atom. The van der Waals surface area contributed by atoms with Crippen molar-refractivity contribution in [1.82, 2.24) is 0 Å². The third-order valence-electron chi connectivity index (χ3n) is 2.14. The molecular weight excluding hydrogens is 298 g/mol. The van der Waals surface area contributed by atoms with Crippen molar-refractivity contribution in [3.8, 4) is 5.75 Å². The molecule has 0 unspecified atom stereocenters. The van der Waals surface area contributed by atoms with Crippen LogP contribution in [0.3, 0.4) is 0 Å². The Morgan fingerprint density at radius 2 is 1.67 bits per heavy atom. The molecule has 2 aromatic carbocycles. The summed E-state index contributed by atoms with van der Waals surface area (Å²) in [6, 6.07) is 12.7. The summed E-state index contributed by atoms with van der Waals surface area (Å²) in [5.74, 6) is 0.340. The maximum atomic E-state index is 11.4. The fourth-order valence-electron chi connectivity index (χ4n) is 1.49. The molecule has 0 N–H and O–H groups in total. The first-order chi connectivity index (χ1) is 8.46. The van der Waals surface area contributed by atoms with E-state index in [9.17, 15) is 4.79 Å². The highest BCUT2D eigenvalue weighted by atomic mass is 35.6. The summed E-state index contributed by atoms with van der Waals surface area (Å²) >= 11 is 16.0. The highest BCUT2D eigenvalue weighted by Crippen LogP contribution is 2.30. The van der Waals surface area contributed by atoms with Crippen LogP contribution in [0.2, 0.25) is 0 Å². The lowest BCUT2D eigenvalue weighted by atomic mass is 10.1. The Labute approximate surface area is 118 Å². The third-order valence-corrected chi connectivity index (χ3v) is 2.37. The van der Waals surface area contributed by atoms with Gasteiger partial charge in [0, 0.05) is 5.39 Å². The molecule has 2 rings (SSSR count). The smallest absolute Gasteiger partial charge is 0.394 e. The maximum absolute atomic E-state index is 11.4. The van der Waals surface area contributed by atoms with Crippen molar-refractivity contribution in [2.45, 2.75) is 3.98 Å². The molecular formula is C12H7Cl3O3. The molecule has 0 heterocycles. The molecule has 2 aromatic rings. The molecule has 94 valence electrons. The molecule has 0 amide bonds. The van der Waals surface area contributed by atoms with Gasteiger partial charge in [-0.1, -0.05) is 36.4 Å². The number of hydrogen-bond donors (Lipinski definition) is 0. The SMILES string of the molecule is O=C(Oc1cccc2ccccc12)OC(Cl)(Cl)Cl. The van der Waals surface area contributed by atoms with E-state index in [1.165, 1.54) is 0 Å². The van der Waals surface area contributed by atoms with E-state index in [1.807, 2.05) is 30.3 Å². The molecule has 0 aliphatic carbocycles. The number of halogens is 3. The Balaban J connectivity index is 2.24. The largest absolute Gasteiger partial charge is 0.517 e. The lowest BCUT2D eigenvalue weighted by Gasteiger charge is -2.12. The topological polar surface area (TPSA) is 35.5 Å². The van der Waals surface area contributed by atoms with E-state index < -0.39 is 10.1 Å². The number of ether oxygens (including phenoxy) is 2. The molecule has 0 atom stereocenters. The zero-order chi connectivity index (χ0) is 13.2. The summed E-state index contributed by atoms with van der Waals surface area (Å²) in [5, 5.41) is 1.69. The van der Waals surface area contributed by atoms with Crippen molar-refractivity contribution in [1.29, 1.82) is 0 Å². The minimum absolute atomic E-state index is 0.340. The van der Waals surface area contributed by atoms with Crippen LogP contribution in [0.4, 0.5) is 4.79 Å². The van der Waals surface area contributed by atoms with E-state index in [0.29, 0.717) is 5.75 Å². The average molecular weight is 306 g/mol. The van der Waals surface area contributed by atoms with Gasteiger partial charge in [0.05, 0.1) is 0 Å². The molecule has 0 saturated carbocycles. The fraction of sp³-hybridized carbons (Fsp3) is 0.0833. The highest BCUT2D eigenvalue weighted by molar-refractivity contribution is 6.66. The summed E-state index contributed by atoms with van der Waals surface area (Å²) in [7, 11) is 0. The molecule has 0 bridgehead atoms. The number of fused-ring (bicyclic) bond motifs is 1. The van der Waals surface area contributed by atoms with Gasteiger partial charge in [0.1, 0.15) is 5.75 Å². The van der Waals surface area contributed by atoms with Crippen LogP contribution in [-0.4, -0.2) is 10.1 Å². The zero-order valence-corrected chi connectivity index (χ0v) is 11.2. The Hall–Kier alpha value is -1.16. The van der Waals surface area contributed by atoms with Crippen LogP contribution >= 0.6 is 34.8 Å². The second-order valence-corrected chi connectivity index (χ2v) is 5.55. The van der Waals surface area contributed by atoms with Crippen molar-refractivity contribution in [2.75, 3.05) is 0 Å². The summed E-state index contributed by atoms with van der Waals surface area (Å²) in [6.45, 7) is 0. The van der Waals surface area contributed by atoms with Gasteiger partial charge in [0.15, 0.2) is 0 Å². The first kappa shape index (κ1) is 13.3. The van der Waals surface area contributed by atoms with E-state index in [0.717, 1.165) is 10.8 Å².